The van der Waals surface area contributed by atoms with E-state index < -0.39 is 0 Å². The zero-order valence-electron chi connectivity index (χ0n) is 12.5. The number of rotatable bonds is 4. The van der Waals surface area contributed by atoms with Gasteiger partial charge in [0.05, 0.1) is 24.9 Å². The highest BCUT2D eigenvalue weighted by molar-refractivity contribution is 5.33. The third-order valence-electron chi connectivity index (χ3n) is 4.04. The Bertz CT molecular complexity index is 669. The van der Waals surface area contributed by atoms with E-state index >= 15 is 0 Å². The van der Waals surface area contributed by atoms with Crippen LogP contribution in [0, 0.1) is 0 Å². The third-order valence-corrected chi connectivity index (χ3v) is 4.04. The van der Waals surface area contributed by atoms with Crippen molar-refractivity contribution in [1.29, 1.82) is 0 Å². The lowest BCUT2D eigenvalue weighted by molar-refractivity contribution is -0.0179. The molecule has 0 saturated carbocycles. The molecule has 0 aliphatic carbocycles. The van der Waals surface area contributed by atoms with E-state index in [0.29, 0.717) is 13.2 Å². The average Bonchev–Trinajstić information content (AvgIpc) is 2.55. The summed E-state index contributed by atoms with van der Waals surface area (Å²) in [5.74, 6) is 0. The molecule has 0 spiro atoms. The van der Waals surface area contributed by atoms with Gasteiger partial charge in [0.1, 0.15) is 0 Å². The molecule has 2 aromatic rings. The molecule has 3 rings (SSSR count). The zero-order chi connectivity index (χ0) is 15.4. The Balaban J connectivity index is 1.75. The molecule has 0 bridgehead atoms. The van der Waals surface area contributed by atoms with Gasteiger partial charge in [-0.1, -0.05) is 30.3 Å². The van der Waals surface area contributed by atoms with E-state index in [2.05, 4.69) is 17.0 Å². The summed E-state index contributed by atoms with van der Waals surface area (Å²) >= 11 is 0. The van der Waals surface area contributed by atoms with Crippen LogP contribution in [0.2, 0.25) is 0 Å². The van der Waals surface area contributed by atoms with E-state index in [4.69, 9.17) is 10.5 Å². The second-order valence-electron chi connectivity index (χ2n) is 5.61. The monoisotopic (exact) mass is 299 g/mol. The maximum atomic E-state index is 12.1. The van der Waals surface area contributed by atoms with E-state index in [-0.39, 0.29) is 17.3 Å². The molecule has 2 heterocycles. The number of nitrogen functional groups attached to an aromatic ring is 1. The lowest BCUT2D eigenvalue weighted by Gasteiger charge is -2.36. The van der Waals surface area contributed by atoms with E-state index in [0.717, 1.165) is 19.7 Å². The number of hydrogen-bond acceptors (Lipinski definition) is 4. The van der Waals surface area contributed by atoms with Gasteiger partial charge in [0, 0.05) is 25.8 Å². The Hall–Kier alpha value is -2.11. The summed E-state index contributed by atoms with van der Waals surface area (Å²) in [4.78, 5) is 14.5. The van der Waals surface area contributed by atoms with Crippen molar-refractivity contribution in [3.8, 4) is 0 Å². The Morgan fingerprint density at radius 3 is 2.82 bits per heavy atom. The molecule has 5 heteroatoms. The molecule has 1 unspecified atom stereocenters. The quantitative estimate of drug-likeness (QED) is 0.925. The van der Waals surface area contributed by atoms with Crippen molar-refractivity contribution in [2.24, 2.45) is 0 Å². The van der Waals surface area contributed by atoms with Crippen LogP contribution in [0.3, 0.4) is 0 Å². The molecule has 2 N–H and O–H groups in total. The molecule has 1 atom stereocenters. The molecule has 22 heavy (non-hydrogen) atoms. The van der Waals surface area contributed by atoms with Crippen molar-refractivity contribution < 1.29 is 4.74 Å². The van der Waals surface area contributed by atoms with Gasteiger partial charge >= 0.3 is 0 Å². The highest BCUT2D eigenvalue weighted by atomic mass is 16.5. The van der Waals surface area contributed by atoms with Crippen molar-refractivity contribution in [2.75, 3.05) is 25.5 Å². The molecule has 5 nitrogen and oxygen atoms in total. The van der Waals surface area contributed by atoms with Gasteiger partial charge in [-0.2, -0.15) is 0 Å². The normalized spacial score (nSPS) is 19.2. The summed E-state index contributed by atoms with van der Waals surface area (Å²) in [7, 11) is 0. The highest BCUT2D eigenvalue weighted by Gasteiger charge is 2.23. The summed E-state index contributed by atoms with van der Waals surface area (Å²) in [6, 6.07) is 14.0. The largest absolute Gasteiger partial charge is 0.394 e. The Labute approximate surface area is 129 Å². The smallest absolute Gasteiger partial charge is 0.273 e. The van der Waals surface area contributed by atoms with Gasteiger partial charge in [-0.3, -0.25) is 9.69 Å². The first kappa shape index (κ1) is 14.8. The molecular weight excluding hydrogens is 278 g/mol. The number of ether oxygens (including phenoxy) is 1. The Morgan fingerprint density at radius 2 is 2.00 bits per heavy atom. The minimum absolute atomic E-state index is 0.132. The fourth-order valence-corrected chi connectivity index (χ4v) is 2.81. The summed E-state index contributed by atoms with van der Waals surface area (Å²) in [6.45, 7) is 3.70. The fourth-order valence-electron chi connectivity index (χ4n) is 2.81. The minimum atomic E-state index is -0.132. The van der Waals surface area contributed by atoms with Crippen molar-refractivity contribution in [3.05, 3.63) is 64.6 Å². The van der Waals surface area contributed by atoms with Gasteiger partial charge in [-0.05, 0) is 17.7 Å². The lowest BCUT2D eigenvalue weighted by atomic mass is 10.1. The van der Waals surface area contributed by atoms with Crippen LogP contribution in [0.5, 0.6) is 0 Å². The van der Waals surface area contributed by atoms with Gasteiger partial charge in [-0.15, -0.1) is 0 Å². The van der Waals surface area contributed by atoms with E-state index in [9.17, 15) is 4.79 Å². The van der Waals surface area contributed by atoms with E-state index in [1.54, 1.807) is 16.8 Å². The number of morpholine rings is 1. The number of nitrogens with zero attached hydrogens (tertiary/aromatic N) is 2. The predicted octanol–water partition coefficient (Wildman–Crippen LogP) is 1.33. The summed E-state index contributed by atoms with van der Waals surface area (Å²) in [5.41, 5.74) is 7.13. The van der Waals surface area contributed by atoms with Crippen molar-refractivity contribution >= 4 is 5.69 Å². The number of anilines is 1. The predicted molar refractivity (Wildman–Crippen MR) is 86.6 cm³/mol. The summed E-state index contributed by atoms with van der Waals surface area (Å²) in [6.07, 6.45) is 1.79. The Morgan fingerprint density at radius 1 is 1.18 bits per heavy atom. The average molecular weight is 299 g/mol. The SMILES string of the molecule is Nc1cccn(CC2COCCN2Cc2ccccc2)c1=O. The van der Waals surface area contributed by atoms with Gasteiger partial charge in [0.25, 0.3) is 5.56 Å². The fraction of sp³-hybridized carbons (Fsp3) is 0.353. The van der Waals surface area contributed by atoms with E-state index in [1.807, 2.05) is 24.3 Å². The van der Waals surface area contributed by atoms with Gasteiger partial charge in [0.2, 0.25) is 0 Å². The minimum Gasteiger partial charge on any atom is -0.394 e. The van der Waals surface area contributed by atoms with Gasteiger partial charge in [0.15, 0.2) is 0 Å². The van der Waals surface area contributed by atoms with E-state index in [1.165, 1.54) is 5.56 Å². The van der Waals surface area contributed by atoms with Gasteiger partial charge in [-0.25, -0.2) is 0 Å². The molecule has 1 aliphatic heterocycles. The second-order valence-corrected chi connectivity index (χ2v) is 5.61. The van der Waals surface area contributed by atoms with Crippen LogP contribution in [0.25, 0.3) is 0 Å². The topological polar surface area (TPSA) is 60.5 Å². The molecule has 0 amide bonds. The molecule has 1 aliphatic rings. The molecule has 1 fully saturated rings. The van der Waals surface area contributed by atoms with Crippen LogP contribution < -0.4 is 11.3 Å². The first-order valence-electron chi connectivity index (χ1n) is 7.54. The number of benzene rings is 1. The lowest BCUT2D eigenvalue weighted by Crippen LogP contribution is -2.48. The molecule has 1 aromatic heterocycles. The zero-order valence-corrected chi connectivity index (χ0v) is 12.5. The maximum absolute atomic E-state index is 12.1. The number of hydrogen-bond donors (Lipinski definition) is 1. The van der Waals surface area contributed by atoms with Crippen LogP contribution in [0.1, 0.15) is 5.56 Å². The van der Waals surface area contributed by atoms with Gasteiger partial charge < -0.3 is 15.0 Å². The Kier molecular flexibility index (Phi) is 4.56. The van der Waals surface area contributed by atoms with Crippen LogP contribution in [-0.4, -0.2) is 35.3 Å². The number of aromatic nitrogens is 1. The molecule has 1 saturated heterocycles. The third kappa shape index (κ3) is 3.37. The first-order chi connectivity index (χ1) is 10.7. The molecule has 116 valence electrons. The molecular formula is C17H21N3O2. The van der Waals surface area contributed by atoms with Crippen LogP contribution >= 0.6 is 0 Å². The van der Waals surface area contributed by atoms with Crippen molar-refractivity contribution in [3.63, 3.8) is 0 Å². The number of nitrogens with two attached hydrogens (primary N) is 1. The summed E-state index contributed by atoms with van der Waals surface area (Å²) < 4.78 is 7.28. The molecule has 1 aromatic carbocycles. The molecule has 0 radical (unpaired) electrons. The standard InChI is InChI=1S/C17H21N3O2/c18-16-7-4-8-20(17(16)21)12-15-13-22-10-9-19(15)11-14-5-2-1-3-6-14/h1-8,15H,9-13,18H2. The highest BCUT2D eigenvalue weighted by Crippen LogP contribution is 2.13. The first-order valence-corrected chi connectivity index (χ1v) is 7.54. The maximum Gasteiger partial charge on any atom is 0.273 e. The van der Waals surface area contributed by atoms with Crippen LogP contribution in [0.15, 0.2) is 53.5 Å². The number of pyridine rings is 1. The summed E-state index contributed by atoms with van der Waals surface area (Å²) in [5, 5.41) is 0. The van der Waals surface area contributed by atoms with Crippen molar-refractivity contribution in [2.45, 2.75) is 19.1 Å². The van der Waals surface area contributed by atoms with Crippen LogP contribution in [0.4, 0.5) is 5.69 Å². The van der Waals surface area contributed by atoms with Crippen LogP contribution in [-0.2, 0) is 17.8 Å². The van der Waals surface area contributed by atoms with Crippen molar-refractivity contribution in [1.82, 2.24) is 9.47 Å². The second kappa shape index (κ2) is 6.77.